The summed E-state index contributed by atoms with van der Waals surface area (Å²) in [7, 11) is 0. The molecular weight excluding hydrogens is 362 g/mol. The lowest BCUT2D eigenvalue weighted by atomic mass is 9.97. The van der Waals surface area contributed by atoms with Crippen molar-refractivity contribution in [3.05, 3.63) is 59.3 Å². The predicted octanol–water partition coefficient (Wildman–Crippen LogP) is 3.79. The van der Waals surface area contributed by atoms with Crippen LogP contribution >= 0.6 is 0 Å². The number of carbonyl (C=O) groups excluding carboxylic acids is 1. The fourth-order valence-electron chi connectivity index (χ4n) is 4.29. The molecule has 0 spiro atoms. The molecule has 3 heterocycles. The van der Waals surface area contributed by atoms with E-state index in [4.69, 9.17) is 9.72 Å². The quantitative estimate of drug-likeness (QED) is 0.657. The number of ether oxygens (including phenoxy) is 1. The molecule has 0 unspecified atom stereocenters. The van der Waals surface area contributed by atoms with Crippen molar-refractivity contribution in [2.45, 2.75) is 51.2 Å². The lowest BCUT2D eigenvalue weighted by Gasteiger charge is -2.43. The lowest BCUT2D eigenvalue weighted by Crippen LogP contribution is -2.54. The summed E-state index contributed by atoms with van der Waals surface area (Å²) in [6, 6.07) is 14.3. The van der Waals surface area contributed by atoms with Crippen LogP contribution in [0.2, 0.25) is 0 Å². The standard InChI is InChI=1S/C24H31N3O2/c1-18(28)23(19-8-3-2-4-9-19)27-16-22(17-27)29-15-6-5-11-21-13-12-20-10-7-14-25-24(20)26-21/h2-4,8-9,12-13,22-23H,5-7,10-11,14-17H2,1H3,(H,25,26)/t23-/m0/s1. The normalized spacial score (nSPS) is 17.8. The first-order valence-electron chi connectivity index (χ1n) is 10.8. The number of hydrogen-bond donors (Lipinski definition) is 1. The zero-order valence-corrected chi connectivity index (χ0v) is 17.3. The molecule has 154 valence electrons. The van der Waals surface area contributed by atoms with Crippen LogP contribution in [0.3, 0.4) is 0 Å². The summed E-state index contributed by atoms with van der Waals surface area (Å²) in [5.74, 6) is 1.28. The summed E-state index contributed by atoms with van der Waals surface area (Å²) in [5, 5.41) is 3.40. The molecule has 0 amide bonds. The summed E-state index contributed by atoms with van der Waals surface area (Å²) in [5.41, 5.74) is 3.59. The number of ketones is 1. The highest BCUT2D eigenvalue weighted by atomic mass is 16.5. The number of carbonyl (C=O) groups is 1. The molecule has 5 heteroatoms. The average Bonchev–Trinajstić information content (AvgIpc) is 2.71. The fourth-order valence-corrected chi connectivity index (χ4v) is 4.29. The number of Topliss-reactive ketones (excluding diaryl/α,β-unsaturated/α-hetero) is 1. The summed E-state index contributed by atoms with van der Waals surface area (Å²) >= 11 is 0. The van der Waals surface area contributed by atoms with Crippen LogP contribution in [0.5, 0.6) is 0 Å². The maximum absolute atomic E-state index is 12.1. The van der Waals surface area contributed by atoms with Crippen molar-refractivity contribution in [1.29, 1.82) is 0 Å². The van der Waals surface area contributed by atoms with Gasteiger partial charge in [-0.05, 0) is 56.2 Å². The minimum atomic E-state index is -0.139. The molecule has 1 fully saturated rings. The Bertz CT molecular complexity index is 818. The second-order valence-corrected chi connectivity index (χ2v) is 8.17. The van der Waals surface area contributed by atoms with Gasteiger partial charge in [0, 0.05) is 31.9 Å². The first-order chi connectivity index (χ1) is 14.2. The molecule has 29 heavy (non-hydrogen) atoms. The van der Waals surface area contributed by atoms with Crippen LogP contribution in [0.15, 0.2) is 42.5 Å². The van der Waals surface area contributed by atoms with Gasteiger partial charge in [0.15, 0.2) is 5.78 Å². The number of hydrogen-bond acceptors (Lipinski definition) is 5. The summed E-state index contributed by atoms with van der Waals surface area (Å²) in [6.45, 7) is 5.15. The summed E-state index contributed by atoms with van der Waals surface area (Å²) in [4.78, 5) is 19.1. The Hall–Kier alpha value is -2.24. The first-order valence-corrected chi connectivity index (χ1v) is 10.8. The van der Waals surface area contributed by atoms with E-state index in [1.54, 1.807) is 6.92 Å². The maximum Gasteiger partial charge on any atom is 0.151 e. The van der Waals surface area contributed by atoms with Crippen LogP contribution in [0.4, 0.5) is 5.82 Å². The molecule has 2 aromatic rings. The Labute approximate surface area is 173 Å². The molecule has 5 nitrogen and oxygen atoms in total. The van der Waals surface area contributed by atoms with Gasteiger partial charge >= 0.3 is 0 Å². The number of aromatic nitrogens is 1. The van der Waals surface area contributed by atoms with Crippen molar-refractivity contribution >= 4 is 11.6 Å². The number of nitrogens with zero attached hydrogens (tertiary/aromatic N) is 2. The van der Waals surface area contributed by atoms with Gasteiger partial charge in [0.1, 0.15) is 5.82 Å². The minimum Gasteiger partial charge on any atom is -0.376 e. The van der Waals surface area contributed by atoms with Crippen molar-refractivity contribution < 1.29 is 9.53 Å². The summed E-state index contributed by atoms with van der Waals surface area (Å²) < 4.78 is 6.02. The third kappa shape index (κ3) is 5.03. The van der Waals surface area contributed by atoms with E-state index < -0.39 is 0 Å². The zero-order chi connectivity index (χ0) is 20.1. The Morgan fingerprint density at radius 2 is 2.03 bits per heavy atom. The van der Waals surface area contributed by atoms with Gasteiger partial charge in [-0.2, -0.15) is 0 Å². The third-order valence-corrected chi connectivity index (χ3v) is 5.87. The number of unbranched alkanes of at least 4 members (excludes halogenated alkanes) is 1. The SMILES string of the molecule is CC(=O)[C@@H](c1ccccc1)N1CC(OCCCCc2ccc3c(n2)NCCC3)C1. The third-order valence-electron chi connectivity index (χ3n) is 5.87. The van der Waals surface area contributed by atoms with Gasteiger partial charge in [-0.15, -0.1) is 0 Å². The maximum atomic E-state index is 12.1. The second kappa shape index (κ2) is 9.51. The molecule has 1 aromatic heterocycles. The number of nitrogens with one attached hydrogen (secondary N) is 1. The minimum absolute atomic E-state index is 0.139. The Balaban J connectivity index is 1.15. The topological polar surface area (TPSA) is 54.5 Å². The van der Waals surface area contributed by atoms with Crippen LogP contribution in [0.1, 0.15) is 49.0 Å². The largest absolute Gasteiger partial charge is 0.376 e. The molecule has 2 aliphatic rings. The number of aryl methyl sites for hydroxylation is 2. The molecule has 1 saturated heterocycles. The zero-order valence-electron chi connectivity index (χ0n) is 17.3. The molecule has 1 atom stereocenters. The van der Waals surface area contributed by atoms with Crippen LogP contribution in [0, 0.1) is 0 Å². The molecule has 1 aromatic carbocycles. The molecule has 2 aliphatic heterocycles. The lowest BCUT2D eigenvalue weighted by molar-refractivity contribution is -0.130. The van der Waals surface area contributed by atoms with Crippen molar-refractivity contribution in [1.82, 2.24) is 9.88 Å². The monoisotopic (exact) mass is 393 g/mol. The van der Waals surface area contributed by atoms with Crippen molar-refractivity contribution in [3.63, 3.8) is 0 Å². The summed E-state index contributed by atoms with van der Waals surface area (Å²) in [6.07, 6.45) is 5.70. The van der Waals surface area contributed by atoms with E-state index in [9.17, 15) is 4.79 Å². The average molecular weight is 394 g/mol. The molecule has 1 N–H and O–H groups in total. The van der Waals surface area contributed by atoms with Crippen molar-refractivity contribution in [2.24, 2.45) is 0 Å². The number of pyridine rings is 1. The number of likely N-dealkylation sites (tertiary alicyclic amines) is 1. The van der Waals surface area contributed by atoms with Gasteiger partial charge < -0.3 is 10.1 Å². The second-order valence-electron chi connectivity index (χ2n) is 8.17. The highest BCUT2D eigenvalue weighted by molar-refractivity contribution is 5.83. The Kier molecular flexibility index (Phi) is 6.57. The molecular formula is C24H31N3O2. The number of fused-ring (bicyclic) bond motifs is 1. The molecule has 0 saturated carbocycles. The molecule has 0 radical (unpaired) electrons. The predicted molar refractivity (Wildman–Crippen MR) is 115 cm³/mol. The van der Waals surface area contributed by atoms with E-state index in [0.717, 1.165) is 63.3 Å². The van der Waals surface area contributed by atoms with Crippen LogP contribution in [-0.4, -0.2) is 48.0 Å². The Morgan fingerprint density at radius 1 is 1.21 bits per heavy atom. The van der Waals surface area contributed by atoms with E-state index in [1.807, 2.05) is 30.3 Å². The number of rotatable bonds is 9. The number of anilines is 1. The molecule has 0 bridgehead atoms. The van der Waals surface area contributed by atoms with Gasteiger partial charge in [-0.25, -0.2) is 4.98 Å². The van der Waals surface area contributed by atoms with E-state index in [1.165, 1.54) is 17.7 Å². The van der Waals surface area contributed by atoms with Gasteiger partial charge in [0.05, 0.1) is 12.1 Å². The van der Waals surface area contributed by atoms with Gasteiger partial charge in [0.25, 0.3) is 0 Å². The van der Waals surface area contributed by atoms with Gasteiger partial charge in [-0.3, -0.25) is 9.69 Å². The van der Waals surface area contributed by atoms with Gasteiger partial charge in [0.2, 0.25) is 0 Å². The van der Waals surface area contributed by atoms with Gasteiger partial charge in [-0.1, -0.05) is 36.4 Å². The highest BCUT2D eigenvalue weighted by Gasteiger charge is 2.35. The van der Waals surface area contributed by atoms with Crippen LogP contribution in [0.25, 0.3) is 0 Å². The fraction of sp³-hybridized carbons (Fsp3) is 0.500. The van der Waals surface area contributed by atoms with Crippen molar-refractivity contribution in [3.8, 4) is 0 Å². The highest BCUT2D eigenvalue weighted by Crippen LogP contribution is 2.28. The van der Waals surface area contributed by atoms with Crippen LogP contribution in [-0.2, 0) is 22.4 Å². The molecule has 4 rings (SSSR count). The van der Waals surface area contributed by atoms with Crippen LogP contribution < -0.4 is 5.32 Å². The number of benzene rings is 1. The van der Waals surface area contributed by atoms with E-state index in [2.05, 4.69) is 22.3 Å². The Morgan fingerprint density at radius 3 is 2.83 bits per heavy atom. The van der Waals surface area contributed by atoms with E-state index >= 15 is 0 Å². The first kappa shape index (κ1) is 20.0. The van der Waals surface area contributed by atoms with Crippen molar-refractivity contribution in [2.75, 3.05) is 31.6 Å². The van der Waals surface area contributed by atoms with E-state index in [0.29, 0.717) is 0 Å². The smallest absolute Gasteiger partial charge is 0.151 e. The molecule has 0 aliphatic carbocycles. The van der Waals surface area contributed by atoms with E-state index in [-0.39, 0.29) is 17.9 Å².